The summed E-state index contributed by atoms with van der Waals surface area (Å²) in [4.78, 5) is 39.0. The van der Waals surface area contributed by atoms with Gasteiger partial charge in [0, 0.05) is 20.6 Å². The molecule has 0 spiro atoms. The fraction of sp³-hybridized carbons (Fsp3) is 0.750. The van der Waals surface area contributed by atoms with Crippen LogP contribution in [-0.2, 0) is 9.59 Å². The summed E-state index contributed by atoms with van der Waals surface area (Å²) in [6.07, 6.45) is 0. The predicted molar refractivity (Wildman–Crippen MR) is 77.5 cm³/mol. The standard InChI is InChI=1S/C12H22N4O3.ClH/c1-12(2,7-13)8-15(4)9(17)6-16-10(18)5-14(3)11(16)19;/h5-8,13H2,1-4H3;1H. The summed E-state index contributed by atoms with van der Waals surface area (Å²) in [6.45, 7) is 4.67. The van der Waals surface area contributed by atoms with Gasteiger partial charge in [-0.1, -0.05) is 13.8 Å². The molecular weight excluding hydrogens is 284 g/mol. The minimum Gasteiger partial charge on any atom is -0.344 e. The van der Waals surface area contributed by atoms with Gasteiger partial charge in [0.25, 0.3) is 5.91 Å². The summed E-state index contributed by atoms with van der Waals surface area (Å²) >= 11 is 0. The molecule has 2 N–H and O–H groups in total. The van der Waals surface area contributed by atoms with Gasteiger partial charge in [0.2, 0.25) is 5.91 Å². The Balaban J connectivity index is 0.00000361. The van der Waals surface area contributed by atoms with E-state index in [-0.39, 0.29) is 42.7 Å². The zero-order valence-electron chi connectivity index (χ0n) is 12.4. The average Bonchev–Trinajstić information content (AvgIpc) is 2.55. The van der Waals surface area contributed by atoms with Gasteiger partial charge in [0.05, 0.1) is 0 Å². The third kappa shape index (κ3) is 4.35. The minimum absolute atomic E-state index is 0. The Morgan fingerprint density at radius 3 is 2.35 bits per heavy atom. The van der Waals surface area contributed by atoms with Crippen molar-refractivity contribution < 1.29 is 14.4 Å². The van der Waals surface area contributed by atoms with E-state index >= 15 is 0 Å². The zero-order chi connectivity index (χ0) is 14.8. The lowest BCUT2D eigenvalue weighted by atomic mass is 9.93. The third-order valence-corrected chi connectivity index (χ3v) is 3.17. The SMILES string of the molecule is CN(CC(C)(C)CN)C(=O)CN1C(=O)CN(C)C1=O.Cl. The summed E-state index contributed by atoms with van der Waals surface area (Å²) in [5, 5.41) is 0. The normalized spacial score (nSPS) is 15.4. The summed E-state index contributed by atoms with van der Waals surface area (Å²) in [5.74, 6) is -0.606. The van der Waals surface area contributed by atoms with Crippen molar-refractivity contribution in [2.45, 2.75) is 13.8 Å². The van der Waals surface area contributed by atoms with Gasteiger partial charge in [-0.05, 0) is 12.0 Å². The van der Waals surface area contributed by atoms with E-state index in [0.29, 0.717) is 13.1 Å². The topological polar surface area (TPSA) is 86.9 Å². The first-order chi connectivity index (χ1) is 8.68. The van der Waals surface area contributed by atoms with Crippen LogP contribution in [0, 0.1) is 5.41 Å². The predicted octanol–water partition coefficient (Wildman–Crippen LogP) is -0.254. The fourth-order valence-corrected chi connectivity index (χ4v) is 1.88. The van der Waals surface area contributed by atoms with Crippen LogP contribution in [0.15, 0.2) is 0 Å². The summed E-state index contributed by atoms with van der Waals surface area (Å²) < 4.78 is 0. The van der Waals surface area contributed by atoms with Crippen molar-refractivity contribution in [3.63, 3.8) is 0 Å². The summed E-state index contributed by atoms with van der Waals surface area (Å²) in [6, 6.07) is -0.426. The first kappa shape index (κ1) is 18.7. The molecule has 1 fully saturated rings. The molecule has 7 nitrogen and oxygen atoms in total. The van der Waals surface area contributed by atoms with Crippen LogP contribution >= 0.6 is 12.4 Å². The summed E-state index contributed by atoms with van der Waals surface area (Å²) in [5.41, 5.74) is 5.42. The molecule has 8 heteroatoms. The molecule has 1 heterocycles. The number of carbonyl (C=O) groups is 3. The first-order valence-corrected chi connectivity index (χ1v) is 6.17. The van der Waals surface area contributed by atoms with Crippen LogP contribution < -0.4 is 5.73 Å². The molecule has 0 atom stereocenters. The van der Waals surface area contributed by atoms with Crippen molar-refractivity contribution in [2.24, 2.45) is 11.1 Å². The molecule has 116 valence electrons. The Morgan fingerprint density at radius 1 is 1.40 bits per heavy atom. The fourth-order valence-electron chi connectivity index (χ4n) is 1.88. The van der Waals surface area contributed by atoms with Crippen LogP contribution in [0.25, 0.3) is 0 Å². The van der Waals surface area contributed by atoms with Crippen molar-refractivity contribution in [2.75, 3.05) is 40.3 Å². The maximum atomic E-state index is 12.0. The van der Waals surface area contributed by atoms with Crippen LogP contribution in [0.2, 0.25) is 0 Å². The number of halogens is 1. The Hall–Kier alpha value is -1.34. The van der Waals surface area contributed by atoms with Gasteiger partial charge >= 0.3 is 6.03 Å². The van der Waals surface area contributed by atoms with Gasteiger partial charge in [0.1, 0.15) is 13.1 Å². The van der Waals surface area contributed by atoms with Crippen LogP contribution in [0.4, 0.5) is 4.79 Å². The number of nitrogens with zero attached hydrogens (tertiary/aromatic N) is 3. The number of hydrogen-bond acceptors (Lipinski definition) is 4. The number of rotatable bonds is 5. The largest absolute Gasteiger partial charge is 0.344 e. The maximum absolute atomic E-state index is 12.0. The van der Waals surface area contributed by atoms with Crippen LogP contribution in [0.3, 0.4) is 0 Å². The lowest BCUT2D eigenvalue weighted by molar-refractivity contribution is -0.136. The second-order valence-electron chi connectivity index (χ2n) is 5.74. The quantitative estimate of drug-likeness (QED) is 0.709. The van der Waals surface area contributed by atoms with E-state index in [1.807, 2.05) is 13.8 Å². The molecule has 4 amide bonds. The summed E-state index contributed by atoms with van der Waals surface area (Å²) in [7, 11) is 3.18. The molecular formula is C12H23ClN4O3. The highest BCUT2D eigenvalue weighted by Crippen LogP contribution is 2.14. The molecule has 1 rings (SSSR count). The van der Waals surface area contributed by atoms with Crippen LogP contribution in [0.5, 0.6) is 0 Å². The smallest absolute Gasteiger partial charge is 0.327 e. The van der Waals surface area contributed by atoms with E-state index in [9.17, 15) is 14.4 Å². The number of imide groups is 1. The van der Waals surface area contributed by atoms with Gasteiger partial charge in [0.15, 0.2) is 0 Å². The van der Waals surface area contributed by atoms with Crippen molar-refractivity contribution in [1.82, 2.24) is 14.7 Å². The van der Waals surface area contributed by atoms with Crippen molar-refractivity contribution in [3.8, 4) is 0 Å². The van der Waals surface area contributed by atoms with Gasteiger partial charge in [-0.3, -0.25) is 14.5 Å². The Kier molecular flexibility index (Phi) is 6.43. The van der Waals surface area contributed by atoms with Crippen LogP contribution in [-0.4, -0.2) is 72.8 Å². The molecule has 20 heavy (non-hydrogen) atoms. The van der Waals surface area contributed by atoms with Crippen molar-refractivity contribution in [3.05, 3.63) is 0 Å². The minimum atomic E-state index is -0.426. The number of hydrogen-bond donors (Lipinski definition) is 1. The molecule has 0 aromatic heterocycles. The Bertz CT molecular complexity index is 400. The number of carbonyl (C=O) groups excluding carboxylic acids is 3. The van der Waals surface area contributed by atoms with E-state index in [2.05, 4.69) is 0 Å². The Labute approximate surface area is 125 Å². The van der Waals surface area contributed by atoms with Crippen molar-refractivity contribution in [1.29, 1.82) is 0 Å². The number of nitrogens with two attached hydrogens (primary N) is 1. The van der Waals surface area contributed by atoms with E-state index < -0.39 is 6.03 Å². The zero-order valence-corrected chi connectivity index (χ0v) is 13.2. The number of urea groups is 1. The molecule has 1 aliphatic heterocycles. The molecule has 0 bridgehead atoms. The van der Waals surface area contributed by atoms with E-state index in [0.717, 1.165) is 4.90 Å². The lowest BCUT2D eigenvalue weighted by Gasteiger charge is -2.29. The van der Waals surface area contributed by atoms with Gasteiger partial charge in [-0.15, -0.1) is 12.4 Å². The molecule has 0 aromatic rings. The molecule has 0 radical (unpaired) electrons. The highest BCUT2D eigenvalue weighted by Gasteiger charge is 2.35. The second-order valence-corrected chi connectivity index (χ2v) is 5.74. The monoisotopic (exact) mass is 306 g/mol. The third-order valence-electron chi connectivity index (χ3n) is 3.17. The van der Waals surface area contributed by atoms with E-state index in [4.69, 9.17) is 5.73 Å². The van der Waals surface area contributed by atoms with Gasteiger partial charge in [-0.25, -0.2) is 4.79 Å². The molecule has 0 aliphatic carbocycles. The van der Waals surface area contributed by atoms with Gasteiger partial charge in [-0.2, -0.15) is 0 Å². The highest BCUT2D eigenvalue weighted by atomic mass is 35.5. The van der Waals surface area contributed by atoms with Gasteiger partial charge < -0.3 is 15.5 Å². The van der Waals surface area contributed by atoms with E-state index in [1.165, 1.54) is 16.8 Å². The average molecular weight is 307 g/mol. The molecule has 0 saturated carbocycles. The molecule has 1 aliphatic rings. The van der Waals surface area contributed by atoms with E-state index in [1.54, 1.807) is 7.05 Å². The van der Waals surface area contributed by atoms with Crippen molar-refractivity contribution >= 4 is 30.3 Å². The molecule has 0 unspecified atom stereocenters. The van der Waals surface area contributed by atoms with Crippen LogP contribution in [0.1, 0.15) is 13.8 Å². The molecule has 1 saturated heterocycles. The number of likely N-dealkylation sites (N-methyl/N-ethyl adjacent to an activating group) is 2. The first-order valence-electron chi connectivity index (χ1n) is 6.17. The maximum Gasteiger partial charge on any atom is 0.327 e. The second kappa shape index (κ2) is 6.90. The number of amides is 4. The Morgan fingerprint density at radius 2 is 1.95 bits per heavy atom. The molecule has 0 aromatic carbocycles. The lowest BCUT2D eigenvalue weighted by Crippen LogP contribution is -2.45. The highest BCUT2D eigenvalue weighted by molar-refractivity contribution is 6.04.